The fraction of sp³-hybridized carbons (Fsp3) is 0.417. The van der Waals surface area contributed by atoms with Crippen molar-refractivity contribution in [2.45, 2.75) is 33.6 Å². The standard InChI is InChI=1S/C12H17N7O/c1-4-9-16-10(5-2)19(17-9)12-14-7(3)6-8(15-12)11(13)18-20/h6,20H,4-5H2,1-3H3,(H2,13,18). The minimum absolute atomic E-state index is 0.0642. The Kier molecular flexibility index (Phi) is 3.92. The van der Waals surface area contributed by atoms with Crippen molar-refractivity contribution in [1.29, 1.82) is 0 Å². The monoisotopic (exact) mass is 275 g/mol. The number of aromatic nitrogens is 5. The van der Waals surface area contributed by atoms with Crippen molar-refractivity contribution >= 4 is 5.84 Å². The maximum absolute atomic E-state index is 8.75. The van der Waals surface area contributed by atoms with Gasteiger partial charge in [-0.3, -0.25) is 0 Å². The van der Waals surface area contributed by atoms with Crippen LogP contribution >= 0.6 is 0 Å². The molecule has 20 heavy (non-hydrogen) atoms. The minimum atomic E-state index is -0.0642. The number of hydrogen-bond acceptors (Lipinski definition) is 6. The lowest BCUT2D eigenvalue weighted by Crippen LogP contribution is -2.18. The Bertz CT molecular complexity index is 647. The number of nitrogens with two attached hydrogens (primary N) is 1. The number of hydrogen-bond donors (Lipinski definition) is 2. The summed E-state index contributed by atoms with van der Waals surface area (Å²) >= 11 is 0. The normalized spacial score (nSPS) is 11.8. The van der Waals surface area contributed by atoms with E-state index in [1.54, 1.807) is 10.7 Å². The summed E-state index contributed by atoms with van der Waals surface area (Å²) in [5.74, 6) is 1.82. The van der Waals surface area contributed by atoms with Gasteiger partial charge in [0.25, 0.3) is 5.95 Å². The van der Waals surface area contributed by atoms with Crippen LogP contribution in [0, 0.1) is 6.92 Å². The van der Waals surface area contributed by atoms with Crippen LogP contribution in [0.25, 0.3) is 5.95 Å². The van der Waals surface area contributed by atoms with Gasteiger partial charge in [-0.05, 0) is 13.0 Å². The molecular formula is C12H17N7O. The molecule has 2 aromatic rings. The van der Waals surface area contributed by atoms with E-state index in [1.807, 2.05) is 20.8 Å². The molecule has 106 valence electrons. The first kappa shape index (κ1) is 13.9. The van der Waals surface area contributed by atoms with Gasteiger partial charge in [-0.15, -0.1) is 5.10 Å². The highest BCUT2D eigenvalue weighted by Crippen LogP contribution is 2.09. The molecule has 3 N–H and O–H groups in total. The number of amidine groups is 1. The van der Waals surface area contributed by atoms with Crippen molar-refractivity contribution < 1.29 is 5.21 Å². The van der Waals surface area contributed by atoms with E-state index in [1.165, 1.54) is 0 Å². The van der Waals surface area contributed by atoms with Crippen LogP contribution < -0.4 is 5.73 Å². The van der Waals surface area contributed by atoms with E-state index in [9.17, 15) is 0 Å². The fourth-order valence-electron chi connectivity index (χ4n) is 1.76. The van der Waals surface area contributed by atoms with E-state index in [-0.39, 0.29) is 5.84 Å². The number of aryl methyl sites for hydroxylation is 3. The molecule has 8 heteroatoms. The third kappa shape index (κ3) is 2.58. The van der Waals surface area contributed by atoms with Crippen LogP contribution in [0.15, 0.2) is 11.2 Å². The fourth-order valence-corrected chi connectivity index (χ4v) is 1.76. The summed E-state index contributed by atoms with van der Waals surface area (Å²) in [4.78, 5) is 13.0. The maximum atomic E-state index is 8.75. The number of rotatable bonds is 4. The molecule has 0 spiro atoms. The van der Waals surface area contributed by atoms with E-state index >= 15 is 0 Å². The van der Waals surface area contributed by atoms with Gasteiger partial charge >= 0.3 is 0 Å². The zero-order chi connectivity index (χ0) is 14.7. The Morgan fingerprint density at radius 2 is 2.05 bits per heavy atom. The van der Waals surface area contributed by atoms with Crippen molar-refractivity contribution in [2.24, 2.45) is 10.9 Å². The second-order valence-corrected chi connectivity index (χ2v) is 4.24. The average molecular weight is 275 g/mol. The second-order valence-electron chi connectivity index (χ2n) is 4.24. The zero-order valence-corrected chi connectivity index (χ0v) is 11.7. The summed E-state index contributed by atoms with van der Waals surface area (Å²) in [5.41, 5.74) is 6.63. The van der Waals surface area contributed by atoms with Gasteiger partial charge in [0.15, 0.2) is 11.7 Å². The van der Waals surface area contributed by atoms with Crippen molar-refractivity contribution in [1.82, 2.24) is 24.7 Å². The van der Waals surface area contributed by atoms with Crippen molar-refractivity contribution in [3.8, 4) is 5.95 Å². The third-order valence-electron chi connectivity index (χ3n) is 2.75. The first-order chi connectivity index (χ1) is 9.58. The predicted molar refractivity (Wildman–Crippen MR) is 73.0 cm³/mol. The first-order valence-electron chi connectivity index (χ1n) is 6.37. The Labute approximate surface area is 116 Å². The zero-order valence-electron chi connectivity index (χ0n) is 11.7. The van der Waals surface area contributed by atoms with E-state index in [0.717, 1.165) is 18.1 Å². The quantitative estimate of drug-likeness (QED) is 0.365. The molecule has 0 aliphatic rings. The van der Waals surface area contributed by atoms with Gasteiger partial charge < -0.3 is 10.9 Å². The predicted octanol–water partition coefficient (Wildman–Crippen LogP) is 0.585. The van der Waals surface area contributed by atoms with E-state index in [4.69, 9.17) is 10.9 Å². The van der Waals surface area contributed by atoms with Crippen LogP contribution in [0.1, 0.15) is 36.9 Å². The van der Waals surface area contributed by atoms with Crippen molar-refractivity contribution in [3.63, 3.8) is 0 Å². The summed E-state index contributed by atoms with van der Waals surface area (Å²) in [6.07, 6.45) is 1.45. The molecule has 0 saturated heterocycles. The molecular weight excluding hydrogens is 258 g/mol. The molecule has 0 saturated carbocycles. The highest BCUT2D eigenvalue weighted by molar-refractivity contribution is 5.95. The topological polar surface area (TPSA) is 115 Å². The van der Waals surface area contributed by atoms with Gasteiger partial charge in [0.2, 0.25) is 0 Å². The van der Waals surface area contributed by atoms with Crippen LogP contribution in [0.3, 0.4) is 0 Å². The number of nitrogens with zero attached hydrogens (tertiary/aromatic N) is 6. The Morgan fingerprint density at radius 1 is 1.30 bits per heavy atom. The smallest absolute Gasteiger partial charge is 0.253 e. The molecule has 0 amide bonds. The Balaban J connectivity index is 2.57. The molecule has 2 rings (SSSR count). The highest BCUT2D eigenvalue weighted by Gasteiger charge is 2.14. The Hall–Kier alpha value is -2.51. The van der Waals surface area contributed by atoms with Crippen LogP contribution in [0.5, 0.6) is 0 Å². The number of oxime groups is 1. The van der Waals surface area contributed by atoms with Gasteiger partial charge in [0.1, 0.15) is 11.5 Å². The van der Waals surface area contributed by atoms with Crippen LogP contribution in [-0.4, -0.2) is 35.8 Å². The first-order valence-corrected chi connectivity index (χ1v) is 6.37. The Morgan fingerprint density at radius 3 is 2.65 bits per heavy atom. The summed E-state index contributed by atoms with van der Waals surface area (Å²) in [6, 6.07) is 1.64. The maximum Gasteiger partial charge on any atom is 0.253 e. The molecule has 2 aromatic heterocycles. The molecule has 0 atom stereocenters. The third-order valence-corrected chi connectivity index (χ3v) is 2.75. The van der Waals surface area contributed by atoms with Gasteiger partial charge in [-0.1, -0.05) is 19.0 Å². The molecule has 0 unspecified atom stereocenters. The van der Waals surface area contributed by atoms with Gasteiger partial charge in [0, 0.05) is 18.5 Å². The lowest BCUT2D eigenvalue weighted by atomic mass is 10.3. The van der Waals surface area contributed by atoms with E-state index in [2.05, 4.69) is 25.2 Å². The van der Waals surface area contributed by atoms with E-state index in [0.29, 0.717) is 23.8 Å². The SMILES string of the molecule is CCc1nc(CC)n(-c2nc(C)cc(/C(N)=N/O)n2)n1. The molecule has 0 radical (unpaired) electrons. The van der Waals surface area contributed by atoms with Gasteiger partial charge in [-0.25, -0.2) is 15.0 Å². The molecule has 0 aliphatic heterocycles. The van der Waals surface area contributed by atoms with E-state index < -0.39 is 0 Å². The molecule has 0 aliphatic carbocycles. The highest BCUT2D eigenvalue weighted by atomic mass is 16.4. The van der Waals surface area contributed by atoms with Crippen LogP contribution in [0.2, 0.25) is 0 Å². The lowest BCUT2D eigenvalue weighted by Gasteiger charge is -2.06. The lowest BCUT2D eigenvalue weighted by molar-refractivity contribution is 0.318. The van der Waals surface area contributed by atoms with Crippen LogP contribution in [0.4, 0.5) is 0 Å². The summed E-state index contributed by atoms with van der Waals surface area (Å²) in [5, 5.41) is 16.1. The van der Waals surface area contributed by atoms with Crippen molar-refractivity contribution in [3.05, 3.63) is 29.1 Å². The minimum Gasteiger partial charge on any atom is -0.409 e. The summed E-state index contributed by atoms with van der Waals surface area (Å²) in [7, 11) is 0. The molecule has 0 fully saturated rings. The average Bonchev–Trinajstić information content (AvgIpc) is 2.89. The second kappa shape index (κ2) is 5.64. The summed E-state index contributed by atoms with van der Waals surface area (Å²) < 4.78 is 1.60. The molecule has 0 bridgehead atoms. The largest absolute Gasteiger partial charge is 0.409 e. The van der Waals surface area contributed by atoms with Gasteiger partial charge in [0.05, 0.1) is 0 Å². The molecule has 0 aromatic carbocycles. The molecule has 8 nitrogen and oxygen atoms in total. The summed E-state index contributed by atoms with van der Waals surface area (Å²) in [6.45, 7) is 5.78. The van der Waals surface area contributed by atoms with Crippen molar-refractivity contribution in [2.75, 3.05) is 0 Å². The molecule has 2 heterocycles. The van der Waals surface area contributed by atoms with Gasteiger partial charge in [-0.2, -0.15) is 4.68 Å². The van der Waals surface area contributed by atoms with Crippen LogP contribution in [-0.2, 0) is 12.8 Å².